The lowest BCUT2D eigenvalue weighted by Gasteiger charge is -2.20. The van der Waals surface area contributed by atoms with Crippen LogP contribution in [0.3, 0.4) is 0 Å². The highest BCUT2D eigenvalue weighted by atomic mass is 32.2. The van der Waals surface area contributed by atoms with Crippen LogP contribution in [0.4, 0.5) is 0 Å². The molecule has 0 aliphatic carbocycles. The largest absolute Gasteiger partial charge is 0.478 e. The summed E-state index contributed by atoms with van der Waals surface area (Å²) < 4.78 is 2.23. The molecule has 0 atom stereocenters. The summed E-state index contributed by atoms with van der Waals surface area (Å²) in [6.07, 6.45) is 3.19. The maximum absolute atomic E-state index is 11.1. The molecule has 0 radical (unpaired) electrons. The molecule has 1 aromatic heterocycles. The van der Waals surface area contributed by atoms with E-state index in [1.165, 1.54) is 0 Å². The zero-order valence-electron chi connectivity index (χ0n) is 13.0. The summed E-state index contributed by atoms with van der Waals surface area (Å²) in [5.41, 5.74) is 2.01. The molecule has 0 amide bonds. The van der Waals surface area contributed by atoms with Crippen molar-refractivity contribution in [3.05, 3.63) is 29.6 Å². The van der Waals surface area contributed by atoms with Gasteiger partial charge in [0.2, 0.25) is 0 Å². The lowest BCUT2D eigenvalue weighted by Crippen LogP contribution is -2.19. The summed E-state index contributed by atoms with van der Waals surface area (Å²) in [6, 6.07) is 5.20. The van der Waals surface area contributed by atoms with Crippen molar-refractivity contribution in [2.45, 2.75) is 39.2 Å². The van der Waals surface area contributed by atoms with Gasteiger partial charge in [0.15, 0.2) is 0 Å². The summed E-state index contributed by atoms with van der Waals surface area (Å²) in [5, 5.41) is 9.12. The number of aromatic nitrogens is 2. The normalized spacial score (nSPS) is 12.0. The highest BCUT2D eigenvalue weighted by molar-refractivity contribution is 7.98. The van der Waals surface area contributed by atoms with Gasteiger partial charge in [-0.25, -0.2) is 9.78 Å². The Morgan fingerprint density at radius 1 is 1.38 bits per heavy atom. The van der Waals surface area contributed by atoms with E-state index in [2.05, 4.69) is 31.6 Å². The van der Waals surface area contributed by atoms with E-state index in [-0.39, 0.29) is 11.0 Å². The summed E-state index contributed by atoms with van der Waals surface area (Å²) >= 11 is 1.84. The molecule has 1 heterocycles. The van der Waals surface area contributed by atoms with E-state index in [1.54, 1.807) is 12.1 Å². The topological polar surface area (TPSA) is 55.1 Å². The Bertz CT molecular complexity index is 656. The molecule has 0 aliphatic heterocycles. The highest BCUT2D eigenvalue weighted by Crippen LogP contribution is 2.27. The van der Waals surface area contributed by atoms with Gasteiger partial charge in [0.25, 0.3) is 0 Å². The molecule has 0 spiro atoms. The molecule has 2 aromatic rings. The quantitative estimate of drug-likeness (QED) is 0.854. The number of carboxylic acid groups (broad SMARTS) is 1. The summed E-state index contributed by atoms with van der Waals surface area (Å²) in [4.78, 5) is 15.8. The number of hydrogen-bond donors (Lipinski definition) is 1. The third kappa shape index (κ3) is 3.40. The Hall–Kier alpha value is -1.49. The van der Waals surface area contributed by atoms with Crippen LogP contribution in [0.1, 0.15) is 43.4 Å². The number of thioether (sulfide) groups is 1. The first-order valence-electron chi connectivity index (χ1n) is 7.07. The fourth-order valence-corrected chi connectivity index (χ4v) is 2.85. The number of aromatic carboxylic acids is 1. The average Bonchev–Trinajstić information content (AvgIpc) is 2.77. The molecule has 5 heteroatoms. The van der Waals surface area contributed by atoms with Crippen molar-refractivity contribution in [1.29, 1.82) is 0 Å². The van der Waals surface area contributed by atoms with Crippen LogP contribution in [-0.4, -0.2) is 32.6 Å². The maximum Gasteiger partial charge on any atom is 0.335 e. The van der Waals surface area contributed by atoms with Gasteiger partial charge in [0.1, 0.15) is 5.82 Å². The summed E-state index contributed by atoms with van der Waals surface area (Å²) in [7, 11) is 0. The first-order valence-corrected chi connectivity index (χ1v) is 8.47. The molecule has 0 saturated heterocycles. The molecule has 2 rings (SSSR count). The molecule has 0 aliphatic rings. The minimum absolute atomic E-state index is 0.0677. The fraction of sp³-hybridized carbons (Fsp3) is 0.500. The molecule has 1 aromatic carbocycles. The number of hydrogen-bond acceptors (Lipinski definition) is 3. The second-order valence-corrected chi connectivity index (χ2v) is 7.18. The molecular formula is C16H22N2O2S. The van der Waals surface area contributed by atoms with Crippen molar-refractivity contribution in [3.8, 4) is 0 Å². The van der Waals surface area contributed by atoms with Crippen LogP contribution in [0, 0.1) is 0 Å². The van der Waals surface area contributed by atoms with Crippen molar-refractivity contribution in [3.63, 3.8) is 0 Å². The fourth-order valence-electron chi connectivity index (χ4n) is 2.43. The number of fused-ring (bicyclic) bond motifs is 1. The van der Waals surface area contributed by atoms with Crippen LogP contribution in [0.2, 0.25) is 0 Å². The number of nitrogens with zero attached hydrogens (tertiary/aromatic N) is 2. The number of imidazole rings is 1. The lowest BCUT2D eigenvalue weighted by atomic mass is 9.95. The molecule has 0 bridgehead atoms. The van der Waals surface area contributed by atoms with E-state index in [9.17, 15) is 4.79 Å². The van der Waals surface area contributed by atoms with Crippen molar-refractivity contribution in [2.24, 2.45) is 0 Å². The Kier molecular flexibility index (Phi) is 4.61. The van der Waals surface area contributed by atoms with Gasteiger partial charge in [-0.2, -0.15) is 11.8 Å². The Morgan fingerprint density at radius 3 is 2.67 bits per heavy atom. The maximum atomic E-state index is 11.1. The van der Waals surface area contributed by atoms with Crippen LogP contribution in [0.25, 0.3) is 11.0 Å². The molecule has 21 heavy (non-hydrogen) atoms. The van der Waals surface area contributed by atoms with E-state index in [0.717, 1.165) is 35.6 Å². The van der Waals surface area contributed by atoms with Crippen LogP contribution >= 0.6 is 11.8 Å². The van der Waals surface area contributed by atoms with E-state index in [1.807, 2.05) is 17.8 Å². The van der Waals surface area contributed by atoms with Gasteiger partial charge in [0, 0.05) is 12.0 Å². The third-order valence-corrected chi connectivity index (χ3v) is 4.09. The minimum atomic E-state index is -0.911. The SMILES string of the molecule is CSCCCn1c(C(C)(C)C)nc2cc(C(=O)O)ccc21. The van der Waals surface area contributed by atoms with Gasteiger partial charge in [-0.05, 0) is 36.6 Å². The standard InChI is InChI=1S/C16H22N2O2S/c1-16(2,3)15-17-12-10-11(14(19)20)6-7-13(12)18(15)8-5-9-21-4/h6-7,10H,5,8-9H2,1-4H3,(H,19,20). The molecule has 0 unspecified atom stereocenters. The number of carboxylic acids is 1. The summed E-state index contributed by atoms with van der Waals surface area (Å²) in [6.45, 7) is 7.32. The molecule has 114 valence electrons. The molecule has 0 fully saturated rings. The zero-order chi connectivity index (χ0) is 15.6. The van der Waals surface area contributed by atoms with Gasteiger partial charge in [-0.3, -0.25) is 0 Å². The van der Waals surface area contributed by atoms with Crippen molar-refractivity contribution >= 4 is 28.8 Å². The minimum Gasteiger partial charge on any atom is -0.478 e. The van der Waals surface area contributed by atoms with Crippen molar-refractivity contribution in [1.82, 2.24) is 9.55 Å². The van der Waals surface area contributed by atoms with Gasteiger partial charge in [-0.15, -0.1) is 0 Å². The lowest BCUT2D eigenvalue weighted by molar-refractivity contribution is 0.0697. The third-order valence-electron chi connectivity index (χ3n) is 3.40. The number of aryl methyl sites for hydroxylation is 1. The first-order chi connectivity index (χ1) is 9.84. The van der Waals surface area contributed by atoms with Gasteiger partial charge >= 0.3 is 5.97 Å². The number of carbonyl (C=O) groups is 1. The highest BCUT2D eigenvalue weighted by Gasteiger charge is 2.23. The second-order valence-electron chi connectivity index (χ2n) is 6.19. The van der Waals surface area contributed by atoms with Crippen LogP contribution in [0.15, 0.2) is 18.2 Å². The Labute approximate surface area is 129 Å². The molecule has 4 nitrogen and oxygen atoms in total. The Morgan fingerprint density at radius 2 is 2.10 bits per heavy atom. The van der Waals surface area contributed by atoms with Crippen molar-refractivity contribution in [2.75, 3.05) is 12.0 Å². The van der Waals surface area contributed by atoms with Gasteiger partial charge in [0.05, 0.1) is 16.6 Å². The monoisotopic (exact) mass is 306 g/mol. The van der Waals surface area contributed by atoms with E-state index in [0.29, 0.717) is 0 Å². The van der Waals surface area contributed by atoms with Gasteiger partial charge in [-0.1, -0.05) is 20.8 Å². The number of benzene rings is 1. The predicted molar refractivity (Wildman–Crippen MR) is 88.4 cm³/mol. The van der Waals surface area contributed by atoms with Crippen LogP contribution in [0.5, 0.6) is 0 Å². The number of rotatable bonds is 5. The Balaban J connectivity index is 2.53. The molecular weight excluding hydrogens is 284 g/mol. The smallest absolute Gasteiger partial charge is 0.335 e. The van der Waals surface area contributed by atoms with E-state index < -0.39 is 5.97 Å². The van der Waals surface area contributed by atoms with Gasteiger partial charge < -0.3 is 9.67 Å². The van der Waals surface area contributed by atoms with E-state index in [4.69, 9.17) is 10.1 Å². The first kappa shape index (κ1) is 15.9. The molecule has 0 saturated carbocycles. The summed E-state index contributed by atoms with van der Waals surface area (Å²) in [5.74, 6) is 1.21. The van der Waals surface area contributed by atoms with Crippen molar-refractivity contribution < 1.29 is 9.90 Å². The van der Waals surface area contributed by atoms with E-state index >= 15 is 0 Å². The zero-order valence-corrected chi connectivity index (χ0v) is 13.8. The van der Waals surface area contributed by atoms with Crippen LogP contribution < -0.4 is 0 Å². The second kappa shape index (κ2) is 6.10. The van der Waals surface area contributed by atoms with Crippen LogP contribution in [-0.2, 0) is 12.0 Å². The molecule has 1 N–H and O–H groups in total. The average molecular weight is 306 g/mol. The predicted octanol–water partition coefficient (Wildman–Crippen LogP) is 3.79.